The summed E-state index contributed by atoms with van der Waals surface area (Å²) in [6.07, 6.45) is -5.86. The quantitative estimate of drug-likeness (QED) is 0.617. The van der Waals surface area contributed by atoms with E-state index in [9.17, 15) is 18.0 Å². The Morgan fingerprint density at radius 3 is 2.27 bits per heavy atom. The third-order valence-corrected chi connectivity index (χ3v) is 6.01. The molecule has 8 heteroatoms. The number of benzene rings is 2. The number of rotatable bonds is 5. The fourth-order valence-electron chi connectivity index (χ4n) is 3.93. The van der Waals surface area contributed by atoms with Crippen molar-refractivity contribution in [1.82, 2.24) is 4.90 Å². The van der Waals surface area contributed by atoms with Gasteiger partial charge in [0.1, 0.15) is 0 Å². The maximum absolute atomic E-state index is 13.1. The van der Waals surface area contributed by atoms with Crippen LogP contribution in [-0.4, -0.2) is 35.8 Å². The molecule has 1 fully saturated rings. The van der Waals surface area contributed by atoms with E-state index in [0.29, 0.717) is 29.8 Å². The number of amides is 1. The molecule has 5 nitrogen and oxygen atoms in total. The number of halogens is 3. The topological polar surface area (TPSA) is 94.0 Å². The van der Waals surface area contributed by atoms with Crippen molar-refractivity contribution in [3.8, 4) is 6.07 Å². The van der Waals surface area contributed by atoms with E-state index in [1.165, 1.54) is 6.92 Å². The Labute approximate surface area is 190 Å². The van der Waals surface area contributed by atoms with Crippen molar-refractivity contribution in [2.75, 3.05) is 13.1 Å². The Kier molecular flexibility index (Phi) is 6.63. The van der Waals surface area contributed by atoms with Crippen molar-refractivity contribution in [3.05, 3.63) is 75.4 Å². The summed E-state index contributed by atoms with van der Waals surface area (Å²) in [5.74, 6) is 0.0106. The molecule has 2 aromatic rings. The molecule has 0 bridgehead atoms. The van der Waals surface area contributed by atoms with Crippen LogP contribution in [0.1, 0.15) is 57.4 Å². The highest BCUT2D eigenvalue weighted by atomic mass is 19.4. The Hall–Kier alpha value is -3.60. The predicted octanol–water partition coefficient (Wildman–Crippen LogP) is 5.08. The standard InChI is InChI=1S/C25H25F3N4O/c1-14-8-15(2)21(9-20(14)23(31)16(3)22(30)10-25(26,27)28)24(33)32-12-19(13-32)18-6-4-17(11-29)5-7-18/h4-9,19,30H,10,12-13,31H2,1-3H3/b23-16-,30-22?. The van der Waals surface area contributed by atoms with Crippen LogP contribution in [0, 0.1) is 30.6 Å². The molecule has 0 unspecified atom stereocenters. The molecule has 0 aromatic heterocycles. The van der Waals surface area contributed by atoms with Gasteiger partial charge in [0.15, 0.2) is 0 Å². The smallest absolute Gasteiger partial charge is 0.394 e. The molecule has 1 aliphatic heterocycles. The van der Waals surface area contributed by atoms with Crippen molar-refractivity contribution in [2.45, 2.75) is 39.3 Å². The number of carbonyl (C=O) groups excluding carboxylic acids is 1. The zero-order valence-corrected chi connectivity index (χ0v) is 18.7. The van der Waals surface area contributed by atoms with E-state index in [0.717, 1.165) is 16.7 Å². The average molecular weight is 454 g/mol. The highest BCUT2D eigenvalue weighted by Gasteiger charge is 2.33. The lowest BCUT2D eigenvalue weighted by molar-refractivity contribution is -0.121. The average Bonchev–Trinajstić information content (AvgIpc) is 2.71. The highest BCUT2D eigenvalue weighted by molar-refractivity contribution is 6.04. The summed E-state index contributed by atoms with van der Waals surface area (Å²) in [6.45, 7) is 6.04. The van der Waals surface area contributed by atoms with Gasteiger partial charge in [0.2, 0.25) is 0 Å². The first-order valence-electron chi connectivity index (χ1n) is 10.4. The first-order chi connectivity index (χ1) is 15.4. The van der Waals surface area contributed by atoms with Crippen LogP contribution < -0.4 is 5.73 Å². The molecule has 1 aliphatic rings. The van der Waals surface area contributed by atoms with Gasteiger partial charge in [-0.25, -0.2) is 0 Å². The molecule has 3 N–H and O–H groups in total. The van der Waals surface area contributed by atoms with Crippen LogP contribution in [-0.2, 0) is 0 Å². The van der Waals surface area contributed by atoms with Gasteiger partial charge in [-0.05, 0) is 61.2 Å². The zero-order valence-electron chi connectivity index (χ0n) is 18.7. The van der Waals surface area contributed by atoms with Crippen LogP contribution >= 0.6 is 0 Å². The van der Waals surface area contributed by atoms with Gasteiger partial charge < -0.3 is 16.0 Å². The van der Waals surface area contributed by atoms with Gasteiger partial charge >= 0.3 is 6.18 Å². The minimum absolute atomic E-state index is 0.0440. The van der Waals surface area contributed by atoms with Crippen LogP contribution in [0.15, 0.2) is 42.0 Å². The summed E-state index contributed by atoms with van der Waals surface area (Å²) in [5.41, 5.74) is 9.66. The molecule has 1 heterocycles. The number of allylic oxidation sites excluding steroid dienone is 1. The first-order valence-corrected chi connectivity index (χ1v) is 10.4. The number of nitrogens with two attached hydrogens (primary N) is 1. The number of hydrogen-bond donors (Lipinski definition) is 2. The van der Waals surface area contributed by atoms with Crippen molar-refractivity contribution >= 4 is 17.3 Å². The van der Waals surface area contributed by atoms with Crippen molar-refractivity contribution in [1.29, 1.82) is 10.7 Å². The molecule has 0 aliphatic carbocycles. The Balaban J connectivity index is 1.81. The molecule has 33 heavy (non-hydrogen) atoms. The lowest BCUT2D eigenvalue weighted by Crippen LogP contribution is -2.48. The van der Waals surface area contributed by atoms with Crippen LogP contribution in [0.25, 0.3) is 5.70 Å². The summed E-state index contributed by atoms with van der Waals surface area (Å²) in [5, 5.41) is 16.7. The molecule has 0 atom stereocenters. The van der Waals surface area contributed by atoms with Gasteiger partial charge in [-0.3, -0.25) is 4.79 Å². The number of nitrogens with zero attached hydrogens (tertiary/aromatic N) is 2. The van der Waals surface area contributed by atoms with Gasteiger partial charge in [-0.15, -0.1) is 0 Å². The Bertz CT molecular complexity index is 1170. The number of nitriles is 1. The van der Waals surface area contributed by atoms with Crippen molar-refractivity contribution in [2.24, 2.45) is 5.73 Å². The summed E-state index contributed by atoms with van der Waals surface area (Å²) < 4.78 is 38.1. The third-order valence-electron chi connectivity index (χ3n) is 6.01. The van der Waals surface area contributed by atoms with E-state index in [2.05, 4.69) is 6.07 Å². The summed E-state index contributed by atoms with van der Waals surface area (Å²) in [6, 6.07) is 12.8. The molecule has 0 saturated carbocycles. The van der Waals surface area contributed by atoms with Crippen LogP contribution in [0.3, 0.4) is 0 Å². The van der Waals surface area contributed by atoms with E-state index in [1.54, 1.807) is 43.0 Å². The van der Waals surface area contributed by atoms with E-state index in [1.807, 2.05) is 12.1 Å². The van der Waals surface area contributed by atoms with Gasteiger partial charge in [-0.1, -0.05) is 18.2 Å². The van der Waals surface area contributed by atoms with Gasteiger partial charge in [-0.2, -0.15) is 18.4 Å². The van der Waals surface area contributed by atoms with E-state index in [-0.39, 0.29) is 23.1 Å². The lowest BCUT2D eigenvalue weighted by Gasteiger charge is -2.40. The van der Waals surface area contributed by atoms with E-state index in [4.69, 9.17) is 16.4 Å². The van der Waals surface area contributed by atoms with Gasteiger partial charge in [0.05, 0.1) is 18.1 Å². The molecule has 0 spiro atoms. The third kappa shape index (κ3) is 5.25. The second-order valence-corrected chi connectivity index (χ2v) is 8.43. The highest BCUT2D eigenvalue weighted by Crippen LogP contribution is 2.31. The number of hydrogen-bond acceptors (Lipinski definition) is 4. The zero-order chi connectivity index (χ0) is 24.5. The minimum atomic E-state index is -4.49. The number of alkyl halides is 3. The second-order valence-electron chi connectivity index (χ2n) is 8.43. The molecular weight excluding hydrogens is 429 g/mol. The number of carbonyl (C=O) groups is 1. The second kappa shape index (κ2) is 9.10. The number of aryl methyl sites for hydroxylation is 2. The van der Waals surface area contributed by atoms with Gasteiger partial charge in [0, 0.05) is 41.5 Å². The molecule has 0 radical (unpaired) electrons. The monoisotopic (exact) mass is 454 g/mol. The van der Waals surface area contributed by atoms with E-state index < -0.39 is 18.3 Å². The fourth-order valence-corrected chi connectivity index (χ4v) is 3.93. The van der Waals surface area contributed by atoms with Crippen LogP contribution in [0.5, 0.6) is 0 Å². The molecular formula is C25H25F3N4O. The fraction of sp³-hybridized carbons (Fsp3) is 0.320. The minimum Gasteiger partial charge on any atom is -0.398 e. The SMILES string of the molecule is C/C(C(=N)CC(F)(F)F)=C(/N)c1cc(C(=O)N2CC(c3ccc(C#N)cc3)C2)c(C)cc1C. The molecule has 1 amide bonds. The lowest BCUT2D eigenvalue weighted by atomic mass is 9.89. The maximum atomic E-state index is 13.1. The van der Waals surface area contributed by atoms with E-state index >= 15 is 0 Å². The largest absolute Gasteiger partial charge is 0.398 e. The van der Waals surface area contributed by atoms with Crippen LogP contribution in [0.2, 0.25) is 0 Å². The molecule has 3 rings (SSSR count). The van der Waals surface area contributed by atoms with Crippen molar-refractivity contribution < 1.29 is 18.0 Å². The van der Waals surface area contributed by atoms with Crippen LogP contribution in [0.4, 0.5) is 13.2 Å². The Morgan fingerprint density at radius 1 is 1.15 bits per heavy atom. The normalized spacial score (nSPS) is 14.9. The Morgan fingerprint density at radius 2 is 1.73 bits per heavy atom. The number of nitrogens with one attached hydrogen (secondary N) is 1. The summed E-state index contributed by atoms with van der Waals surface area (Å²) >= 11 is 0. The first kappa shape index (κ1) is 24.1. The predicted molar refractivity (Wildman–Crippen MR) is 121 cm³/mol. The number of likely N-dealkylation sites (tertiary alicyclic amines) is 1. The molecule has 2 aromatic carbocycles. The molecule has 172 valence electrons. The molecule has 1 saturated heterocycles. The maximum Gasteiger partial charge on any atom is 0.394 e. The summed E-state index contributed by atoms with van der Waals surface area (Å²) in [7, 11) is 0. The van der Waals surface area contributed by atoms with Crippen molar-refractivity contribution in [3.63, 3.8) is 0 Å². The van der Waals surface area contributed by atoms with Gasteiger partial charge in [0.25, 0.3) is 5.91 Å². The summed E-state index contributed by atoms with van der Waals surface area (Å²) in [4.78, 5) is 14.8.